The lowest BCUT2D eigenvalue weighted by Gasteiger charge is -2.08. The quantitative estimate of drug-likeness (QED) is 0.835. The minimum Gasteiger partial charge on any atom is -0.471 e. The van der Waals surface area contributed by atoms with Gasteiger partial charge in [-0.2, -0.15) is 4.98 Å². The van der Waals surface area contributed by atoms with Crippen LogP contribution in [0.25, 0.3) is 0 Å². The maximum atomic E-state index is 11.9. The van der Waals surface area contributed by atoms with Crippen molar-refractivity contribution in [2.45, 2.75) is 26.2 Å². The van der Waals surface area contributed by atoms with Crippen LogP contribution in [-0.4, -0.2) is 23.0 Å². The van der Waals surface area contributed by atoms with Gasteiger partial charge in [0.25, 0.3) is 6.43 Å². The zero-order chi connectivity index (χ0) is 11.4. The predicted molar refractivity (Wildman–Crippen MR) is 52.0 cm³/mol. The van der Waals surface area contributed by atoms with Crippen molar-refractivity contribution in [2.24, 2.45) is 0 Å². The molecule has 0 unspecified atom stereocenters. The van der Waals surface area contributed by atoms with Crippen LogP contribution in [0.3, 0.4) is 0 Å². The second-order valence-electron chi connectivity index (χ2n) is 3.35. The van der Waals surface area contributed by atoms with E-state index in [0.29, 0.717) is 5.82 Å². The summed E-state index contributed by atoms with van der Waals surface area (Å²) < 4.78 is 28.5. The van der Waals surface area contributed by atoms with Crippen LogP contribution in [0.5, 0.6) is 5.88 Å². The lowest BCUT2D eigenvalue weighted by molar-refractivity contribution is 0.0794. The van der Waals surface area contributed by atoms with Gasteiger partial charge in [-0.1, -0.05) is 13.8 Å². The number of hydrogen-bond acceptors (Lipinski definition) is 4. The van der Waals surface area contributed by atoms with Crippen molar-refractivity contribution >= 4 is 5.82 Å². The number of nitrogen functional groups attached to an aromatic ring is 1. The number of aromatic nitrogens is 2. The van der Waals surface area contributed by atoms with E-state index in [1.807, 2.05) is 13.8 Å². The van der Waals surface area contributed by atoms with Crippen LogP contribution < -0.4 is 10.5 Å². The number of rotatable bonds is 4. The highest BCUT2D eigenvalue weighted by Crippen LogP contribution is 2.16. The minimum absolute atomic E-state index is 0.0717. The molecule has 0 aliphatic heterocycles. The van der Waals surface area contributed by atoms with E-state index in [4.69, 9.17) is 10.5 Å². The molecule has 0 saturated heterocycles. The summed E-state index contributed by atoms with van der Waals surface area (Å²) in [5, 5.41) is 0. The summed E-state index contributed by atoms with van der Waals surface area (Å²) in [6.07, 6.45) is -2.52. The Morgan fingerprint density at radius 3 is 2.60 bits per heavy atom. The number of halogens is 2. The monoisotopic (exact) mass is 217 g/mol. The van der Waals surface area contributed by atoms with Crippen LogP contribution in [0.1, 0.15) is 25.6 Å². The fourth-order valence-corrected chi connectivity index (χ4v) is 0.942. The van der Waals surface area contributed by atoms with Crippen molar-refractivity contribution in [1.29, 1.82) is 0 Å². The molecule has 0 radical (unpaired) electrons. The van der Waals surface area contributed by atoms with Crippen molar-refractivity contribution in [2.75, 3.05) is 12.3 Å². The maximum Gasteiger partial charge on any atom is 0.272 e. The van der Waals surface area contributed by atoms with Gasteiger partial charge in [-0.05, 0) is 0 Å². The molecule has 1 aromatic rings. The van der Waals surface area contributed by atoms with E-state index in [1.54, 1.807) is 0 Å². The first kappa shape index (κ1) is 11.6. The van der Waals surface area contributed by atoms with Gasteiger partial charge in [0.05, 0.1) is 0 Å². The average Bonchev–Trinajstić information content (AvgIpc) is 2.13. The molecule has 1 aromatic heterocycles. The first-order valence-electron chi connectivity index (χ1n) is 4.54. The van der Waals surface area contributed by atoms with Gasteiger partial charge in [0, 0.05) is 12.0 Å². The van der Waals surface area contributed by atoms with Crippen LogP contribution in [0.2, 0.25) is 0 Å². The van der Waals surface area contributed by atoms with Crippen LogP contribution in [0.4, 0.5) is 14.6 Å². The molecule has 84 valence electrons. The van der Waals surface area contributed by atoms with Gasteiger partial charge in [-0.25, -0.2) is 13.8 Å². The number of nitrogens with zero attached hydrogens (tertiary/aromatic N) is 2. The number of ether oxygens (including phenoxy) is 1. The highest BCUT2D eigenvalue weighted by atomic mass is 19.3. The fourth-order valence-electron chi connectivity index (χ4n) is 0.942. The van der Waals surface area contributed by atoms with E-state index >= 15 is 0 Å². The lowest BCUT2D eigenvalue weighted by atomic mass is 10.2. The molecule has 0 aliphatic rings. The van der Waals surface area contributed by atoms with Gasteiger partial charge in [0.1, 0.15) is 11.6 Å². The SMILES string of the molecule is CC(C)c1nc(N)cc(OCC(F)F)n1. The summed E-state index contributed by atoms with van der Waals surface area (Å²) in [6.45, 7) is 3.07. The Morgan fingerprint density at radius 1 is 1.40 bits per heavy atom. The molecule has 0 aromatic carbocycles. The zero-order valence-corrected chi connectivity index (χ0v) is 8.58. The standard InChI is InChI=1S/C9H13F2N3O/c1-5(2)9-13-7(12)3-8(14-9)15-4-6(10)11/h3,5-6H,4H2,1-2H3,(H2,12,13,14). The van der Waals surface area contributed by atoms with Gasteiger partial charge in [0.15, 0.2) is 6.61 Å². The first-order chi connectivity index (χ1) is 6.99. The van der Waals surface area contributed by atoms with Crippen molar-refractivity contribution in [3.63, 3.8) is 0 Å². The van der Waals surface area contributed by atoms with Crippen LogP contribution in [0.15, 0.2) is 6.07 Å². The van der Waals surface area contributed by atoms with Gasteiger partial charge >= 0.3 is 0 Å². The molecule has 4 nitrogen and oxygen atoms in total. The zero-order valence-electron chi connectivity index (χ0n) is 8.58. The molecule has 2 N–H and O–H groups in total. The van der Waals surface area contributed by atoms with E-state index in [2.05, 4.69) is 9.97 Å². The number of anilines is 1. The molecule has 0 aliphatic carbocycles. The highest BCUT2D eigenvalue weighted by Gasteiger charge is 2.09. The van der Waals surface area contributed by atoms with Crippen LogP contribution in [0, 0.1) is 0 Å². The van der Waals surface area contributed by atoms with Crippen molar-refractivity contribution < 1.29 is 13.5 Å². The van der Waals surface area contributed by atoms with Gasteiger partial charge < -0.3 is 10.5 Å². The van der Waals surface area contributed by atoms with Crippen molar-refractivity contribution in [1.82, 2.24) is 9.97 Å². The Hall–Kier alpha value is -1.46. The van der Waals surface area contributed by atoms with E-state index < -0.39 is 13.0 Å². The third-order valence-electron chi connectivity index (χ3n) is 1.61. The molecule has 0 amide bonds. The normalized spacial score (nSPS) is 11.1. The summed E-state index contributed by atoms with van der Waals surface area (Å²) in [4.78, 5) is 7.92. The molecule has 1 heterocycles. The highest BCUT2D eigenvalue weighted by molar-refractivity contribution is 5.33. The third kappa shape index (κ3) is 3.65. The van der Waals surface area contributed by atoms with Crippen molar-refractivity contribution in [3.05, 3.63) is 11.9 Å². The van der Waals surface area contributed by atoms with E-state index in [9.17, 15) is 8.78 Å². The average molecular weight is 217 g/mol. The van der Waals surface area contributed by atoms with E-state index in [1.165, 1.54) is 6.07 Å². The second kappa shape index (κ2) is 4.86. The van der Waals surface area contributed by atoms with Crippen LogP contribution >= 0.6 is 0 Å². The molecule has 0 fully saturated rings. The summed E-state index contributed by atoms with van der Waals surface area (Å²) in [7, 11) is 0. The first-order valence-corrected chi connectivity index (χ1v) is 4.54. The Kier molecular flexibility index (Phi) is 3.76. The number of nitrogens with two attached hydrogens (primary N) is 1. The minimum atomic E-state index is -2.52. The van der Waals surface area contributed by atoms with E-state index in [0.717, 1.165) is 0 Å². The molecule has 6 heteroatoms. The molecule has 15 heavy (non-hydrogen) atoms. The van der Waals surface area contributed by atoms with Gasteiger partial charge in [-0.15, -0.1) is 0 Å². The summed E-state index contributed by atoms with van der Waals surface area (Å²) in [5.41, 5.74) is 5.48. The summed E-state index contributed by atoms with van der Waals surface area (Å²) in [6, 6.07) is 1.33. The van der Waals surface area contributed by atoms with Gasteiger partial charge in [0.2, 0.25) is 5.88 Å². The van der Waals surface area contributed by atoms with Gasteiger partial charge in [-0.3, -0.25) is 0 Å². The second-order valence-corrected chi connectivity index (χ2v) is 3.35. The molecular weight excluding hydrogens is 204 g/mol. The topological polar surface area (TPSA) is 61.0 Å². The Bertz CT molecular complexity index is 331. The molecule has 0 bridgehead atoms. The molecule has 0 saturated carbocycles. The van der Waals surface area contributed by atoms with Crippen molar-refractivity contribution in [3.8, 4) is 5.88 Å². The largest absolute Gasteiger partial charge is 0.471 e. The third-order valence-corrected chi connectivity index (χ3v) is 1.61. The smallest absolute Gasteiger partial charge is 0.272 e. The Morgan fingerprint density at radius 2 is 2.07 bits per heavy atom. The van der Waals surface area contributed by atoms with E-state index in [-0.39, 0.29) is 17.6 Å². The predicted octanol–water partition coefficient (Wildman–Crippen LogP) is 1.83. The number of hydrogen-bond donors (Lipinski definition) is 1. The molecular formula is C9H13F2N3O. The maximum absolute atomic E-state index is 11.9. The fraction of sp³-hybridized carbons (Fsp3) is 0.556. The van der Waals surface area contributed by atoms with Crippen LogP contribution in [-0.2, 0) is 0 Å². The summed E-state index contributed by atoms with van der Waals surface area (Å²) >= 11 is 0. The Labute approximate surface area is 86.5 Å². The molecule has 0 spiro atoms. The number of alkyl halides is 2. The lowest BCUT2D eigenvalue weighted by Crippen LogP contribution is -2.10. The molecule has 0 atom stereocenters. The molecule has 1 rings (SSSR count). The summed E-state index contributed by atoms with van der Waals surface area (Å²) in [5.74, 6) is 0.867. The Balaban J connectivity index is 2.79.